The predicted octanol–water partition coefficient (Wildman–Crippen LogP) is 1.19. The summed E-state index contributed by atoms with van der Waals surface area (Å²) in [6, 6.07) is 5.08. The van der Waals surface area contributed by atoms with Crippen molar-refractivity contribution in [2.45, 2.75) is 0 Å². The van der Waals surface area contributed by atoms with Crippen molar-refractivity contribution in [3.05, 3.63) is 30.6 Å². The number of hydrogen-bond acceptors (Lipinski definition) is 3. The van der Waals surface area contributed by atoms with Gasteiger partial charge in [0, 0.05) is 19.4 Å². The molecule has 0 unspecified atom stereocenters. The molecule has 2 heterocycles. The molecule has 2 aromatic heterocycles. The lowest BCUT2D eigenvalue weighted by atomic mass is 10.2. The zero-order chi connectivity index (χ0) is 9.26. The zero-order valence-corrected chi connectivity index (χ0v) is 7.18. The minimum atomic E-state index is 0.154. The summed E-state index contributed by atoms with van der Waals surface area (Å²) in [6.07, 6.45) is 3.44. The average Bonchev–Trinajstić information content (AvgIpc) is 2.53. The van der Waals surface area contributed by atoms with Crippen molar-refractivity contribution in [3.8, 4) is 17.1 Å². The Kier molecular flexibility index (Phi) is 1.73. The summed E-state index contributed by atoms with van der Waals surface area (Å²) in [6.45, 7) is 0. The fraction of sp³-hybridized carbons (Fsp3) is 0.111. The van der Waals surface area contributed by atoms with Gasteiger partial charge in [-0.3, -0.25) is 9.67 Å². The van der Waals surface area contributed by atoms with Crippen molar-refractivity contribution in [1.29, 1.82) is 0 Å². The standard InChI is InChI=1S/C9H9N3O/c1-12-6-4-7(11-12)9-8(13)3-2-5-10-9/h2-6,13H,1H3. The molecule has 0 atom stereocenters. The van der Waals surface area contributed by atoms with E-state index in [0.29, 0.717) is 11.4 Å². The van der Waals surface area contributed by atoms with Gasteiger partial charge in [-0.25, -0.2) is 0 Å². The molecule has 0 radical (unpaired) electrons. The first-order valence-electron chi connectivity index (χ1n) is 3.91. The van der Waals surface area contributed by atoms with Gasteiger partial charge in [-0.15, -0.1) is 0 Å². The number of pyridine rings is 1. The van der Waals surface area contributed by atoms with Gasteiger partial charge in [0.2, 0.25) is 0 Å². The van der Waals surface area contributed by atoms with E-state index >= 15 is 0 Å². The summed E-state index contributed by atoms with van der Waals surface area (Å²) in [5.74, 6) is 0.154. The number of rotatable bonds is 1. The molecular formula is C9H9N3O. The smallest absolute Gasteiger partial charge is 0.143 e. The Bertz CT molecular complexity index is 422. The van der Waals surface area contributed by atoms with Crippen LogP contribution in [0.1, 0.15) is 0 Å². The van der Waals surface area contributed by atoms with Crippen LogP contribution in [0.15, 0.2) is 30.6 Å². The molecule has 0 amide bonds. The largest absolute Gasteiger partial charge is 0.506 e. The van der Waals surface area contributed by atoms with Gasteiger partial charge in [-0.05, 0) is 18.2 Å². The summed E-state index contributed by atoms with van der Waals surface area (Å²) in [4.78, 5) is 4.04. The molecule has 2 aromatic rings. The second-order valence-corrected chi connectivity index (χ2v) is 2.75. The van der Waals surface area contributed by atoms with Gasteiger partial charge in [0.15, 0.2) is 0 Å². The van der Waals surface area contributed by atoms with Crippen LogP contribution in [0.2, 0.25) is 0 Å². The Morgan fingerprint density at radius 1 is 1.38 bits per heavy atom. The third-order valence-corrected chi connectivity index (χ3v) is 1.74. The quantitative estimate of drug-likeness (QED) is 0.708. The van der Waals surface area contributed by atoms with Gasteiger partial charge in [0.05, 0.1) is 0 Å². The second kappa shape index (κ2) is 2.90. The van der Waals surface area contributed by atoms with E-state index in [2.05, 4.69) is 10.1 Å². The molecule has 0 saturated carbocycles. The van der Waals surface area contributed by atoms with Gasteiger partial charge < -0.3 is 5.11 Å². The van der Waals surface area contributed by atoms with E-state index in [9.17, 15) is 5.11 Å². The highest BCUT2D eigenvalue weighted by Gasteiger charge is 2.06. The molecule has 4 heteroatoms. The number of aromatic hydroxyl groups is 1. The van der Waals surface area contributed by atoms with E-state index in [1.807, 2.05) is 19.3 Å². The van der Waals surface area contributed by atoms with E-state index in [1.165, 1.54) is 0 Å². The van der Waals surface area contributed by atoms with Gasteiger partial charge in [0.25, 0.3) is 0 Å². The van der Waals surface area contributed by atoms with Crippen molar-refractivity contribution in [1.82, 2.24) is 14.8 Å². The molecular weight excluding hydrogens is 166 g/mol. The Morgan fingerprint density at radius 3 is 2.85 bits per heavy atom. The Labute approximate surface area is 75.5 Å². The topological polar surface area (TPSA) is 50.9 Å². The molecule has 0 aliphatic rings. The van der Waals surface area contributed by atoms with Gasteiger partial charge in [-0.1, -0.05) is 0 Å². The van der Waals surface area contributed by atoms with Crippen molar-refractivity contribution in [3.63, 3.8) is 0 Å². The maximum absolute atomic E-state index is 9.46. The summed E-state index contributed by atoms with van der Waals surface area (Å²) in [7, 11) is 1.82. The predicted molar refractivity (Wildman–Crippen MR) is 48.1 cm³/mol. The first kappa shape index (κ1) is 7.79. The molecule has 0 aromatic carbocycles. The number of nitrogens with zero attached hydrogens (tertiary/aromatic N) is 3. The van der Waals surface area contributed by atoms with Gasteiger partial charge >= 0.3 is 0 Å². The molecule has 0 aliphatic carbocycles. The Hall–Kier alpha value is -1.84. The van der Waals surface area contributed by atoms with E-state index < -0.39 is 0 Å². The second-order valence-electron chi connectivity index (χ2n) is 2.75. The van der Waals surface area contributed by atoms with Crippen LogP contribution in [-0.4, -0.2) is 19.9 Å². The maximum atomic E-state index is 9.46. The molecule has 1 N–H and O–H groups in total. The third kappa shape index (κ3) is 1.38. The van der Waals surface area contributed by atoms with Crippen LogP contribution in [0.3, 0.4) is 0 Å². The maximum Gasteiger partial charge on any atom is 0.143 e. The highest BCUT2D eigenvalue weighted by atomic mass is 16.3. The molecule has 4 nitrogen and oxygen atoms in total. The first-order chi connectivity index (χ1) is 6.27. The van der Waals surface area contributed by atoms with Gasteiger partial charge in [0.1, 0.15) is 17.1 Å². The lowest BCUT2D eigenvalue weighted by molar-refractivity contribution is 0.474. The molecule has 13 heavy (non-hydrogen) atoms. The molecule has 2 rings (SSSR count). The minimum Gasteiger partial charge on any atom is -0.506 e. The van der Waals surface area contributed by atoms with E-state index in [-0.39, 0.29) is 5.75 Å². The number of aryl methyl sites for hydroxylation is 1. The fourth-order valence-electron chi connectivity index (χ4n) is 1.14. The fourth-order valence-corrected chi connectivity index (χ4v) is 1.14. The Morgan fingerprint density at radius 2 is 2.23 bits per heavy atom. The Balaban J connectivity index is 2.52. The van der Waals surface area contributed by atoms with E-state index in [0.717, 1.165) is 0 Å². The van der Waals surface area contributed by atoms with Crippen molar-refractivity contribution < 1.29 is 5.11 Å². The average molecular weight is 175 g/mol. The molecule has 0 bridgehead atoms. The van der Waals surface area contributed by atoms with E-state index in [4.69, 9.17) is 0 Å². The molecule has 0 saturated heterocycles. The van der Waals surface area contributed by atoms with Crippen LogP contribution in [0.25, 0.3) is 11.4 Å². The van der Waals surface area contributed by atoms with Crippen LogP contribution in [0.5, 0.6) is 5.75 Å². The van der Waals surface area contributed by atoms with Crippen LogP contribution >= 0.6 is 0 Å². The molecule has 0 spiro atoms. The zero-order valence-electron chi connectivity index (χ0n) is 7.18. The van der Waals surface area contributed by atoms with Gasteiger partial charge in [-0.2, -0.15) is 5.10 Å². The van der Waals surface area contributed by atoms with Crippen LogP contribution in [0.4, 0.5) is 0 Å². The summed E-state index contributed by atoms with van der Waals surface area (Å²) < 4.78 is 1.67. The molecule has 0 aliphatic heterocycles. The van der Waals surface area contributed by atoms with Crippen LogP contribution < -0.4 is 0 Å². The van der Waals surface area contributed by atoms with Crippen LogP contribution in [0, 0.1) is 0 Å². The highest BCUT2D eigenvalue weighted by molar-refractivity contribution is 5.60. The first-order valence-corrected chi connectivity index (χ1v) is 3.91. The SMILES string of the molecule is Cn1ccc(-c2ncccc2O)n1. The highest BCUT2D eigenvalue weighted by Crippen LogP contribution is 2.23. The van der Waals surface area contributed by atoms with Crippen LogP contribution in [-0.2, 0) is 7.05 Å². The summed E-state index contributed by atoms with van der Waals surface area (Å²) >= 11 is 0. The van der Waals surface area contributed by atoms with Crippen molar-refractivity contribution in [2.24, 2.45) is 7.05 Å². The molecule has 66 valence electrons. The number of hydrogen-bond donors (Lipinski definition) is 1. The normalized spacial score (nSPS) is 10.2. The lowest BCUT2D eigenvalue weighted by Gasteiger charge is -1.97. The van der Waals surface area contributed by atoms with E-state index in [1.54, 1.807) is 23.0 Å². The van der Waals surface area contributed by atoms with Crippen molar-refractivity contribution >= 4 is 0 Å². The molecule has 0 fully saturated rings. The van der Waals surface area contributed by atoms with Crippen molar-refractivity contribution in [2.75, 3.05) is 0 Å². The minimum absolute atomic E-state index is 0.154. The third-order valence-electron chi connectivity index (χ3n) is 1.74. The monoisotopic (exact) mass is 175 g/mol. The summed E-state index contributed by atoms with van der Waals surface area (Å²) in [5, 5.41) is 13.6. The summed E-state index contributed by atoms with van der Waals surface area (Å²) in [5.41, 5.74) is 1.20. The number of aromatic nitrogens is 3. The lowest BCUT2D eigenvalue weighted by Crippen LogP contribution is -1.89.